The van der Waals surface area contributed by atoms with Crippen LogP contribution in [0.5, 0.6) is 0 Å². The fourth-order valence-corrected chi connectivity index (χ4v) is 3.15. The van der Waals surface area contributed by atoms with Crippen molar-refractivity contribution < 1.29 is 28.8 Å². The second kappa shape index (κ2) is 7.27. The van der Waals surface area contributed by atoms with Crippen molar-refractivity contribution in [2.75, 3.05) is 13.2 Å². The molecule has 11 heteroatoms. The SMILES string of the molecule is CCOC(=O)CC[C@]1(C)OC2[C@@H](CO)O[C@@H](n3ncc(=O)[nH]c3=O)[C@H]2O1. The van der Waals surface area contributed by atoms with E-state index in [2.05, 4.69) is 10.1 Å². The van der Waals surface area contributed by atoms with E-state index >= 15 is 0 Å². The smallest absolute Gasteiger partial charge is 0.347 e. The van der Waals surface area contributed by atoms with Crippen molar-refractivity contribution in [1.82, 2.24) is 14.8 Å². The molecule has 2 aliphatic heterocycles. The number of carbonyl (C=O) groups is 1. The van der Waals surface area contributed by atoms with Crippen molar-refractivity contribution in [2.45, 2.75) is 57.0 Å². The first-order chi connectivity index (χ1) is 12.4. The van der Waals surface area contributed by atoms with Crippen molar-refractivity contribution >= 4 is 5.97 Å². The molecule has 1 unspecified atom stereocenters. The summed E-state index contributed by atoms with van der Waals surface area (Å²) in [6, 6.07) is 0. The van der Waals surface area contributed by atoms with Crippen LogP contribution in [0.15, 0.2) is 15.8 Å². The molecule has 0 saturated carbocycles. The third-order valence-corrected chi connectivity index (χ3v) is 4.30. The maximum absolute atomic E-state index is 12.0. The third kappa shape index (κ3) is 3.56. The quantitative estimate of drug-likeness (QED) is 0.581. The van der Waals surface area contributed by atoms with E-state index < -0.39 is 41.6 Å². The molecule has 2 aliphatic rings. The van der Waals surface area contributed by atoms with Gasteiger partial charge < -0.3 is 24.1 Å². The van der Waals surface area contributed by atoms with Gasteiger partial charge >= 0.3 is 11.7 Å². The highest BCUT2D eigenvalue weighted by atomic mass is 16.8. The molecule has 0 spiro atoms. The Hall–Kier alpha value is -2.08. The highest BCUT2D eigenvalue weighted by Crippen LogP contribution is 2.44. The Bertz CT molecular complexity index is 777. The molecule has 0 aliphatic carbocycles. The molecule has 26 heavy (non-hydrogen) atoms. The summed E-state index contributed by atoms with van der Waals surface area (Å²) in [6.07, 6.45) is -1.84. The lowest BCUT2D eigenvalue weighted by Crippen LogP contribution is -2.39. The average Bonchev–Trinajstić information content (AvgIpc) is 3.09. The Kier molecular flexibility index (Phi) is 5.23. The van der Waals surface area contributed by atoms with E-state index in [-0.39, 0.29) is 32.0 Å². The summed E-state index contributed by atoms with van der Waals surface area (Å²) in [7, 11) is 0. The van der Waals surface area contributed by atoms with Gasteiger partial charge in [0.15, 0.2) is 12.0 Å². The van der Waals surface area contributed by atoms with Crippen molar-refractivity contribution in [2.24, 2.45) is 0 Å². The van der Waals surface area contributed by atoms with Crippen molar-refractivity contribution in [1.29, 1.82) is 0 Å². The van der Waals surface area contributed by atoms with E-state index in [1.807, 2.05) is 0 Å². The Labute approximate surface area is 147 Å². The molecule has 0 amide bonds. The van der Waals surface area contributed by atoms with E-state index in [9.17, 15) is 19.5 Å². The molecular weight excluding hydrogens is 350 g/mol. The van der Waals surface area contributed by atoms with Crippen molar-refractivity contribution in [3.05, 3.63) is 27.0 Å². The zero-order chi connectivity index (χ0) is 18.9. The summed E-state index contributed by atoms with van der Waals surface area (Å²) in [4.78, 5) is 36.9. The highest BCUT2D eigenvalue weighted by molar-refractivity contribution is 5.69. The van der Waals surface area contributed by atoms with Crippen LogP contribution in [0.4, 0.5) is 0 Å². The van der Waals surface area contributed by atoms with Gasteiger partial charge in [0.25, 0.3) is 5.56 Å². The van der Waals surface area contributed by atoms with Crippen LogP contribution in [0.2, 0.25) is 0 Å². The van der Waals surface area contributed by atoms with Gasteiger partial charge in [0.1, 0.15) is 24.5 Å². The van der Waals surface area contributed by atoms with Gasteiger partial charge in [0.2, 0.25) is 0 Å². The summed E-state index contributed by atoms with van der Waals surface area (Å²) in [5.41, 5.74) is -1.40. The lowest BCUT2D eigenvalue weighted by atomic mass is 10.1. The normalized spacial score (nSPS) is 33.2. The fourth-order valence-electron chi connectivity index (χ4n) is 3.15. The second-order valence-corrected chi connectivity index (χ2v) is 6.23. The average molecular weight is 371 g/mol. The Morgan fingerprint density at radius 2 is 2.15 bits per heavy atom. The highest BCUT2D eigenvalue weighted by Gasteiger charge is 2.57. The first-order valence-electron chi connectivity index (χ1n) is 8.32. The van der Waals surface area contributed by atoms with Gasteiger partial charge in [-0.15, -0.1) is 0 Å². The van der Waals surface area contributed by atoms with E-state index in [0.29, 0.717) is 0 Å². The Morgan fingerprint density at radius 1 is 1.42 bits per heavy atom. The lowest BCUT2D eigenvalue weighted by Gasteiger charge is -2.27. The number of aromatic nitrogens is 3. The van der Waals surface area contributed by atoms with Gasteiger partial charge in [0.05, 0.1) is 19.6 Å². The second-order valence-electron chi connectivity index (χ2n) is 6.23. The zero-order valence-corrected chi connectivity index (χ0v) is 14.4. The van der Waals surface area contributed by atoms with Gasteiger partial charge in [-0.25, -0.2) is 4.79 Å². The third-order valence-electron chi connectivity index (χ3n) is 4.30. The maximum Gasteiger partial charge on any atom is 0.347 e. The molecule has 11 nitrogen and oxygen atoms in total. The van der Waals surface area contributed by atoms with Gasteiger partial charge in [-0.05, 0) is 13.8 Å². The number of H-pyrrole nitrogens is 1. The summed E-state index contributed by atoms with van der Waals surface area (Å²) in [5, 5.41) is 13.3. The van der Waals surface area contributed by atoms with E-state index in [1.165, 1.54) is 0 Å². The Balaban J connectivity index is 1.79. The van der Waals surface area contributed by atoms with Crippen LogP contribution in [-0.4, -0.2) is 63.2 Å². The standard InChI is InChI=1S/C15H21N3O8/c1-3-23-10(21)4-5-15(2)25-11-8(7-19)24-13(12(11)26-15)18-14(22)17-9(20)6-16-18/h6,8,11-13,19H,3-5,7H2,1-2H3,(H,17,20,22)/t8-,11?,12+,13-,15-/m1/s1. The molecule has 2 saturated heterocycles. The summed E-state index contributed by atoms with van der Waals surface area (Å²) >= 11 is 0. The minimum atomic E-state index is -1.11. The largest absolute Gasteiger partial charge is 0.466 e. The number of aromatic amines is 1. The molecule has 3 rings (SSSR count). The van der Waals surface area contributed by atoms with Gasteiger partial charge in [0, 0.05) is 6.42 Å². The molecule has 144 valence electrons. The number of fused-ring (bicyclic) bond motifs is 1. The number of carbonyl (C=O) groups excluding carboxylic acids is 1. The number of aliphatic hydroxyl groups excluding tert-OH is 1. The van der Waals surface area contributed by atoms with Crippen molar-refractivity contribution in [3.63, 3.8) is 0 Å². The van der Waals surface area contributed by atoms with Crippen LogP contribution in [0.3, 0.4) is 0 Å². The zero-order valence-electron chi connectivity index (χ0n) is 14.4. The van der Waals surface area contributed by atoms with Crippen LogP contribution < -0.4 is 11.2 Å². The van der Waals surface area contributed by atoms with E-state index in [1.54, 1.807) is 13.8 Å². The number of nitrogens with zero attached hydrogens (tertiary/aromatic N) is 2. The predicted octanol–water partition coefficient (Wildman–Crippen LogP) is -1.34. The maximum atomic E-state index is 12.0. The number of aliphatic hydroxyl groups is 1. The molecule has 0 radical (unpaired) electrons. The van der Waals surface area contributed by atoms with Gasteiger partial charge in [-0.1, -0.05) is 0 Å². The number of rotatable bonds is 6. The molecule has 1 aromatic heterocycles. The van der Waals surface area contributed by atoms with Crippen molar-refractivity contribution in [3.8, 4) is 0 Å². The van der Waals surface area contributed by atoms with Crippen LogP contribution in [0.25, 0.3) is 0 Å². The molecule has 1 aromatic rings. The molecule has 0 aromatic carbocycles. The van der Waals surface area contributed by atoms with Crippen LogP contribution in [0.1, 0.15) is 32.9 Å². The first-order valence-corrected chi connectivity index (χ1v) is 8.32. The number of ether oxygens (including phenoxy) is 4. The van der Waals surface area contributed by atoms with Crippen LogP contribution >= 0.6 is 0 Å². The molecule has 2 N–H and O–H groups in total. The van der Waals surface area contributed by atoms with Crippen LogP contribution in [0, 0.1) is 0 Å². The molecule has 2 fully saturated rings. The molecule has 0 bridgehead atoms. The minimum Gasteiger partial charge on any atom is -0.466 e. The molecule has 3 heterocycles. The fraction of sp³-hybridized carbons (Fsp3) is 0.733. The number of esters is 1. The van der Waals surface area contributed by atoms with E-state index in [4.69, 9.17) is 18.9 Å². The van der Waals surface area contributed by atoms with Gasteiger partial charge in [-0.3, -0.25) is 14.6 Å². The topological polar surface area (TPSA) is 142 Å². The Morgan fingerprint density at radius 3 is 2.81 bits per heavy atom. The summed E-state index contributed by atoms with van der Waals surface area (Å²) < 4.78 is 23.3. The number of hydrogen-bond donors (Lipinski definition) is 2. The van der Waals surface area contributed by atoms with Crippen LogP contribution in [-0.2, 0) is 23.7 Å². The predicted molar refractivity (Wildman–Crippen MR) is 84.1 cm³/mol. The summed E-state index contributed by atoms with van der Waals surface area (Å²) in [6.45, 7) is 3.31. The lowest BCUT2D eigenvalue weighted by molar-refractivity contribution is -0.216. The minimum absolute atomic E-state index is 0.0932. The van der Waals surface area contributed by atoms with Gasteiger partial charge in [-0.2, -0.15) is 9.78 Å². The number of nitrogens with one attached hydrogen (secondary N) is 1. The van der Waals surface area contributed by atoms with E-state index in [0.717, 1.165) is 10.9 Å². The summed E-state index contributed by atoms with van der Waals surface area (Å²) in [5.74, 6) is -1.48. The monoisotopic (exact) mass is 371 g/mol. The molecule has 5 atom stereocenters. The first kappa shape index (κ1) is 18.7. The number of hydrogen-bond acceptors (Lipinski definition) is 9. The molecular formula is C15H21N3O8.